The lowest BCUT2D eigenvalue weighted by molar-refractivity contribution is -0.142. The molecule has 0 bridgehead atoms. The molecule has 3 N–H and O–H groups in total. The van der Waals surface area contributed by atoms with Gasteiger partial charge in [0.1, 0.15) is 23.4 Å². The number of anilines is 1. The number of hydrogen-bond donors (Lipinski definition) is 3. The molecule has 0 spiro atoms. The highest BCUT2D eigenvalue weighted by Crippen LogP contribution is 2.29. The highest BCUT2D eigenvalue weighted by molar-refractivity contribution is 6.00. The molecule has 0 radical (unpaired) electrons. The number of phenolic OH excluding ortho intramolecular Hbond substituents is 1. The molecule has 0 aliphatic carbocycles. The summed E-state index contributed by atoms with van der Waals surface area (Å²) < 4.78 is 5.50. The van der Waals surface area contributed by atoms with E-state index in [2.05, 4.69) is 17.6 Å². The van der Waals surface area contributed by atoms with E-state index in [0.29, 0.717) is 11.3 Å². The van der Waals surface area contributed by atoms with E-state index >= 15 is 0 Å². The molecule has 3 amide bonds. The van der Waals surface area contributed by atoms with Gasteiger partial charge in [0.2, 0.25) is 5.91 Å². The molecular formula is C35H45N3O5. The van der Waals surface area contributed by atoms with Crippen LogP contribution in [0, 0.1) is 13.8 Å². The molecule has 0 fully saturated rings. The van der Waals surface area contributed by atoms with E-state index in [1.165, 1.54) is 17.0 Å². The Morgan fingerprint density at radius 2 is 1.44 bits per heavy atom. The molecule has 0 aromatic heterocycles. The summed E-state index contributed by atoms with van der Waals surface area (Å²) in [4.78, 5) is 43.2. The van der Waals surface area contributed by atoms with Crippen molar-refractivity contribution in [2.45, 2.75) is 92.0 Å². The number of alkyl carbamates (subject to hydrolysis) is 1. The highest BCUT2D eigenvalue weighted by atomic mass is 16.6. The first kappa shape index (κ1) is 33.2. The van der Waals surface area contributed by atoms with Gasteiger partial charge in [0.25, 0.3) is 5.91 Å². The van der Waals surface area contributed by atoms with Crippen molar-refractivity contribution in [1.82, 2.24) is 10.2 Å². The molecule has 43 heavy (non-hydrogen) atoms. The SMILES string of the molecule is CCc1ccc(C(C(=O)Nc2c(C)cccc2C)N(C(=O)C(Cc2ccc(O)cc2)NC(=O)OC(C)(C)C)C(C)C)cc1. The van der Waals surface area contributed by atoms with Gasteiger partial charge in [-0.15, -0.1) is 0 Å². The van der Waals surface area contributed by atoms with Gasteiger partial charge < -0.3 is 25.4 Å². The number of para-hydroxylation sites is 1. The second-order valence-corrected chi connectivity index (χ2v) is 12.2. The highest BCUT2D eigenvalue weighted by Gasteiger charge is 2.38. The summed E-state index contributed by atoms with van der Waals surface area (Å²) in [6.45, 7) is 14.9. The monoisotopic (exact) mass is 587 g/mol. The van der Waals surface area contributed by atoms with Gasteiger partial charge in [-0.05, 0) is 94.8 Å². The predicted octanol–water partition coefficient (Wildman–Crippen LogP) is 6.62. The number of amides is 3. The molecule has 0 aliphatic rings. The van der Waals surface area contributed by atoms with E-state index in [1.807, 2.05) is 70.2 Å². The molecule has 8 heteroatoms. The largest absolute Gasteiger partial charge is 0.508 e. The zero-order chi connectivity index (χ0) is 31.9. The molecule has 3 aromatic carbocycles. The number of carbonyl (C=O) groups is 3. The third-order valence-corrected chi connectivity index (χ3v) is 7.14. The predicted molar refractivity (Wildman–Crippen MR) is 170 cm³/mol. The Hall–Kier alpha value is -4.33. The van der Waals surface area contributed by atoms with Crippen molar-refractivity contribution in [2.75, 3.05) is 5.32 Å². The van der Waals surface area contributed by atoms with Gasteiger partial charge in [-0.25, -0.2) is 4.79 Å². The molecule has 2 atom stereocenters. The second kappa shape index (κ2) is 14.2. The summed E-state index contributed by atoms with van der Waals surface area (Å²) in [5.74, 6) is -0.700. The standard InChI is InChI=1S/C35H45N3O5/c1-9-25-13-17-27(18-14-25)31(32(40)37-30-23(4)11-10-12-24(30)5)38(22(2)3)33(41)29(36-34(42)43-35(6,7)8)21-26-15-19-28(39)20-16-26/h10-20,22,29,31,39H,9,21H2,1-8H3,(H,36,42)(H,37,40). The van der Waals surface area contributed by atoms with Crippen LogP contribution in [-0.2, 0) is 27.2 Å². The number of nitrogens with zero attached hydrogens (tertiary/aromatic N) is 1. The molecule has 0 saturated heterocycles. The Morgan fingerprint density at radius 1 is 0.884 bits per heavy atom. The Labute approximate surface area is 255 Å². The lowest BCUT2D eigenvalue weighted by atomic mass is 9.97. The minimum Gasteiger partial charge on any atom is -0.508 e. The van der Waals surface area contributed by atoms with Gasteiger partial charge in [0, 0.05) is 18.2 Å². The van der Waals surface area contributed by atoms with Crippen molar-refractivity contribution in [3.05, 3.63) is 94.5 Å². The number of aromatic hydroxyl groups is 1. The molecule has 8 nitrogen and oxygen atoms in total. The van der Waals surface area contributed by atoms with Gasteiger partial charge in [-0.1, -0.05) is 61.5 Å². The van der Waals surface area contributed by atoms with Crippen LogP contribution in [0.4, 0.5) is 10.5 Å². The smallest absolute Gasteiger partial charge is 0.408 e. The first-order valence-electron chi connectivity index (χ1n) is 14.8. The molecule has 2 unspecified atom stereocenters. The zero-order valence-electron chi connectivity index (χ0n) is 26.5. The average Bonchev–Trinajstić information content (AvgIpc) is 2.93. The van der Waals surface area contributed by atoms with Gasteiger partial charge >= 0.3 is 6.09 Å². The Morgan fingerprint density at radius 3 is 1.95 bits per heavy atom. The Kier molecular flexibility index (Phi) is 11.0. The number of phenols is 1. The van der Waals surface area contributed by atoms with Gasteiger partial charge in [-0.3, -0.25) is 9.59 Å². The van der Waals surface area contributed by atoms with Crippen LogP contribution in [0.25, 0.3) is 0 Å². The molecular weight excluding hydrogens is 542 g/mol. The molecule has 0 saturated carbocycles. The van der Waals surface area contributed by atoms with Gasteiger partial charge in [-0.2, -0.15) is 0 Å². The Bertz CT molecular complexity index is 1390. The van der Waals surface area contributed by atoms with Crippen LogP contribution in [0.5, 0.6) is 5.75 Å². The minimum atomic E-state index is -1.05. The van der Waals surface area contributed by atoms with Crippen molar-refractivity contribution in [3.63, 3.8) is 0 Å². The fraction of sp³-hybridized carbons (Fsp3) is 0.400. The lowest BCUT2D eigenvalue weighted by Crippen LogP contribution is -2.55. The lowest BCUT2D eigenvalue weighted by Gasteiger charge is -2.37. The maximum Gasteiger partial charge on any atom is 0.408 e. The van der Waals surface area contributed by atoms with Crippen LogP contribution in [0.15, 0.2) is 66.7 Å². The van der Waals surface area contributed by atoms with E-state index < -0.39 is 35.7 Å². The summed E-state index contributed by atoms with van der Waals surface area (Å²) in [6.07, 6.45) is 0.222. The fourth-order valence-corrected chi connectivity index (χ4v) is 4.95. The summed E-state index contributed by atoms with van der Waals surface area (Å²) in [5.41, 5.74) is 4.23. The van der Waals surface area contributed by atoms with Crippen molar-refractivity contribution in [1.29, 1.82) is 0 Å². The van der Waals surface area contributed by atoms with E-state index in [9.17, 15) is 19.5 Å². The number of nitrogens with one attached hydrogen (secondary N) is 2. The number of hydrogen-bond acceptors (Lipinski definition) is 5. The van der Waals surface area contributed by atoms with E-state index in [-0.39, 0.29) is 18.1 Å². The number of ether oxygens (including phenoxy) is 1. The summed E-state index contributed by atoms with van der Waals surface area (Å²) >= 11 is 0. The molecule has 0 heterocycles. The first-order valence-corrected chi connectivity index (χ1v) is 14.8. The summed E-state index contributed by atoms with van der Waals surface area (Å²) in [6, 6.07) is 17.5. The van der Waals surface area contributed by atoms with E-state index in [1.54, 1.807) is 32.9 Å². The van der Waals surface area contributed by atoms with Gasteiger partial charge in [0.05, 0.1) is 0 Å². The molecule has 3 rings (SSSR count). The van der Waals surface area contributed by atoms with Crippen molar-refractivity contribution in [2.24, 2.45) is 0 Å². The van der Waals surface area contributed by atoms with Gasteiger partial charge in [0.15, 0.2) is 0 Å². The number of benzene rings is 3. The van der Waals surface area contributed by atoms with Crippen molar-refractivity contribution >= 4 is 23.6 Å². The van der Waals surface area contributed by atoms with Crippen molar-refractivity contribution in [3.8, 4) is 5.75 Å². The van der Waals surface area contributed by atoms with Crippen molar-refractivity contribution < 1.29 is 24.2 Å². The van der Waals surface area contributed by atoms with E-state index in [0.717, 1.165) is 28.7 Å². The van der Waals surface area contributed by atoms with E-state index in [4.69, 9.17) is 4.74 Å². The minimum absolute atomic E-state index is 0.0919. The first-order chi connectivity index (χ1) is 20.2. The fourth-order valence-electron chi connectivity index (χ4n) is 4.95. The summed E-state index contributed by atoms with van der Waals surface area (Å²) in [5, 5.41) is 15.6. The molecule has 230 valence electrons. The van der Waals surface area contributed by atoms with Crippen LogP contribution < -0.4 is 10.6 Å². The molecule has 3 aromatic rings. The average molecular weight is 588 g/mol. The summed E-state index contributed by atoms with van der Waals surface area (Å²) in [7, 11) is 0. The van der Waals surface area contributed by atoms with Crippen LogP contribution in [0.1, 0.15) is 75.4 Å². The normalized spacial score (nSPS) is 12.8. The van der Waals surface area contributed by atoms with Crippen LogP contribution in [0.3, 0.4) is 0 Å². The second-order valence-electron chi connectivity index (χ2n) is 12.2. The maximum absolute atomic E-state index is 14.5. The Balaban J connectivity index is 2.09. The number of rotatable bonds is 10. The third-order valence-electron chi connectivity index (χ3n) is 7.14. The topological polar surface area (TPSA) is 108 Å². The zero-order valence-corrected chi connectivity index (χ0v) is 26.5. The number of carbonyl (C=O) groups excluding carboxylic acids is 3. The quantitative estimate of drug-likeness (QED) is 0.247. The number of aryl methyl sites for hydroxylation is 3. The van der Waals surface area contributed by atoms with Crippen LogP contribution in [-0.4, -0.2) is 45.6 Å². The maximum atomic E-state index is 14.5. The molecule has 0 aliphatic heterocycles. The van der Waals surface area contributed by atoms with Crippen LogP contribution >= 0.6 is 0 Å². The third kappa shape index (κ3) is 9.08. The van der Waals surface area contributed by atoms with Crippen LogP contribution in [0.2, 0.25) is 0 Å².